The number of halogens is 2. The Bertz CT molecular complexity index is 1290. The van der Waals surface area contributed by atoms with Crippen molar-refractivity contribution >= 4 is 57.2 Å². The summed E-state index contributed by atoms with van der Waals surface area (Å²) in [6.07, 6.45) is 0. The second-order valence-corrected chi connectivity index (χ2v) is 8.52. The minimum absolute atomic E-state index is 0.349. The molecular formula is C27H26Cl2N4O2. The summed E-state index contributed by atoms with van der Waals surface area (Å²) in [4.78, 5) is 19.8. The minimum atomic E-state index is -0.349. The predicted octanol–water partition coefficient (Wildman–Crippen LogP) is 6.84. The third-order valence-corrected chi connectivity index (χ3v) is 5.88. The topological polar surface area (TPSA) is 66.5 Å². The van der Waals surface area contributed by atoms with E-state index in [1.807, 2.05) is 78.9 Å². The Morgan fingerprint density at radius 2 is 1.60 bits per heavy atom. The molecule has 4 rings (SSSR count). The van der Waals surface area contributed by atoms with Gasteiger partial charge in [-0.1, -0.05) is 30.3 Å². The second kappa shape index (κ2) is 11.8. The molecule has 0 unspecified atom stereocenters. The van der Waals surface area contributed by atoms with Gasteiger partial charge >= 0.3 is 6.03 Å². The molecule has 0 spiro atoms. The number of fused-ring (bicyclic) bond motifs is 1. The van der Waals surface area contributed by atoms with Crippen molar-refractivity contribution in [2.45, 2.75) is 0 Å². The summed E-state index contributed by atoms with van der Waals surface area (Å²) < 4.78 is 5.51. The van der Waals surface area contributed by atoms with Crippen molar-refractivity contribution in [3.8, 4) is 17.0 Å². The van der Waals surface area contributed by atoms with Crippen molar-refractivity contribution in [1.82, 2.24) is 4.98 Å². The lowest BCUT2D eigenvalue weighted by molar-refractivity contribution is 0.262. The van der Waals surface area contributed by atoms with Crippen molar-refractivity contribution in [2.75, 3.05) is 47.5 Å². The molecule has 180 valence electrons. The molecule has 0 atom stereocenters. The lowest BCUT2D eigenvalue weighted by Crippen LogP contribution is -2.27. The van der Waals surface area contributed by atoms with Gasteiger partial charge in [-0.3, -0.25) is 0 Å². The van der Waals surface area contributed by atoms with E-state index in [0.717, 1.165) is 22.2 Å². The number of benzene rings is 3. The molecule has 2 N–H and O–H groups in total. The summed E-state index contributed by atoms with van der Waals surface area (Å²) in [6, 6.07) is 24.5. The monoisotopic (exact) mass is 508 g/mol. The van der Waals surface area contributed by atoms with E-state index in [0.29, 0.717) is 47.7 Å². The number of hydrogen-bond acceptors (Lipinski definition) is 4. The third kappa shape index (κ3) is 5.96. The maximum absolute atomic E-state index is 12.9. The number of nitrogens with one attached hydrogen (secondary N) is 2. The Balaban J connectivity index is 1.57. The molecular weight excluding hydrogens is 483 g/mol. The van der Waals surface area contributed by atoms with E-state index in [2.05, 4.69) is 15.5 Å². The standard InChI is InChI=1S/C27H26Cl2N4O2/c1-35-26-9-5-3-7-22(26)25-18-24(21-6-2-4-8-23(21)31-25)32-27(34)30-19-10-12-20(13-11-19)33(16-14-28)17-15-29/h2-13,18H,14-17H2,1H3,(H2,30,31,32,34). The molecule has 8 heteroatoms. The fourth-order valence-corrected chi connectivity index (χ4v) is 4.30. The maximum Gasteiger partial charge on any atom is 0.323 e. The number of alkyl halides is 2. The molecule has 0 aliphatic carbocycles. The van der Waals surface area contributed by atoms with Crippen LogP contribution in [0.5, 0.6) is 5.75 Å². The zero-order valence-corrected chi connectivity index (χ0v) is 20.8. The number of amides is 2. The minimum Gasteiger partial charge on any atom is -0.496 e. The summed E-state index contributed by atoms with van der Waals surface area (Å²) in [7, 11) is 1.63. The first kappa shape index (κ1) is 24.6. The van der Waals surface area contributed by atoms with E-state index >= 15 is 0 Å². The number of pyridine rings is 1. The molecule has 2 amide bonds. The number of anilines is 3. The maximum atomic E-state index is 12.9. The van der Waals surface area contributed by atoms with Crippen LogP contribution in [0.25, 0.3) is 22.2 Å². The van der Waals surface area contributed by atoms with Crippen molar-refractivity contribution in [1.29, 1.82) is 0 Å². The van der Waals surface area contributed by atoms with Crippen LogP contribution in [-0.4, -0.2) is 43.0 Å². The molecule has 0 aliphatic heterocycles. The van der Waals surface area contributed by atoms with Crippen LogP contribution >= 0.6 is 23.2 Å². The highest BCUT2D eigenvalue weighted by molar-refractivity contribution is 6.18. The number of nitrogens with zero attached hydrogens (tertiary/aromatic N) is 2. The largest absolute Gasteiger partial charge is 0.496 e. The zero-order valence-electron chi connectivity index (χ0n) is 19.3. The summed E-state index contributed by atoms with van der Waals surface area (Å²) in [5.41, 5.74) is 4.65. The van der Waals surface area contributed by atoms with Crippen molar-refractivity contribution in [3.63, 3.8) is 0 Å². The number of rotatable bonds is 9. The molecule has 3 aromatic carbocycles. The number of hydrogen-bond donors (Lipinski definition) is 2. The SMILES string of the molecule is COc1ccccc1-c1cc(NC(=O)Nc2ccc(N(CCCl)CCCl)cc2)c2ccccc2n1. The van der Waals surface area contributed by atoms with Gasteiger partial charge in [0.2, 0.25) is 0 Å². The van der Waals surface area contributed by atoms with Crippen molar-refractivity contribution < 1.29 is 9.53 Å². The van der Waals surface area contributed by atoms with Crippen LogP contribution < -0.4 is 20.3 Å². The van der Waals surface area contributed by atoms with Gasteiger partial charge in [-0.2, -0.15) is 0 Å². The van der Waals surface area contributed by atoms with Crippen LogP contribution in [0.2, 0.25) is 0 Å². The van der Waals surface area contributed by atoms with Crippen LogP contribution in [0.15, 0.2) is 78.9 Å². The van der Waals surface area contributed by atoms with Crippen LogP contribution in [0.1, 0.15) is 0 Å². The van der Waals surface area contributed by atoms with Crippen LogP contribution in [0, 0.1) is 0 Å². The number of ether oxygens (including phenoxy) is 1. The first-order chi connectivity index (χ1) is 17.1. The molecule has 4 aromatic rings. The molecule has 0 aliphatic rings. The molecule has 1 heterocycles. The van der Waals surface area contributed by atoms with Crippen LogP contribution in [0.4, 0.5) is 21.9 Å². The first-order valence-electron chi connectivity index (χ1n) is 11.2. The Morgan fingerprint density at radius 3 is 2.31 bits per heavy atom. The van der Waals surface area contributed by atoms with Crippen LogP contribution in [-0.2, 0) is 0 Å². The van der Waals surface area contributed by atoms with E-state index in [9.17, 15) is 4.79 Å². The van der Waals surface area contributed by atoms with Crippen LogP contribution in [0.3, 0.4) is 0 Å². The number of methoxy groups -OCH3 is 1. The van der Waals surface area contributed by atoms with E-state index in [1.165, 1.54) is 0 Å². The lowest BCUT2D eigenvalue weighted by Gasteiger charge is -2.23. The summed E-state index contributed by atoms with van der Waals surface area (Å²) in [5, 5.41) is 6.73. The number of para-hydroxylation sites is 2. The molecule has 6 nitrogen and oxygen atoms in total. The highest BCUT2D eigenvalue weighted by atomic mass is 35.5. The number of aromatic nitrogens is 1. The fraction of sp³-hybridized carbons (Fsp3) is 0.185. The van der Waals surface area contributed by atoms with Gasteiger partial charge in [0.1, 0.15) is 5.75 Å². The Labute approximate surface area is 214 Å². The molecule has 0 radical (unpaired) electrons. The Morgan fingerprint density at radius 1 is 0.914 bits per heavy atom. The van der Waals surface area contributed by atoms with Gasteiger partial charge in [-0.05, 0) is 48.5 Å². The molecule has 0 bridgehead atoms. The Kier molecular flexibility index (Phi) is 8.29. The quantitative estimate of drug-likeness (QED) is 0.243. The lowest BCUT2D eigenvalue weighted by atomic mass is 10.1. The second-order valence-electron chi connectivity index (χ2n) is 7.76. The average Bonchev–Trinajstić information content (AvgIpc) is 2.89. The summed E-state index contributed by atoms with van der Waals surface area (Å²) in [5.74, 6) is 1.73. The highest BCUT2D eigenvalue weighted by Gasteiger charge is 2.13. The smallest absolute Gasteiger partial charge is 0.323 e. The van der Waals surface area contributed by atoms with E-state index in [4.69, 9.17) is 32.9 Å². The van der Waals surface area contributed by atoms with Crippen molar-refractivity contribution in [3.05, 3.63) is 78.9 Å². The zero-order chi connectivity index (χ0) is 24.6. The van der Waals surface area contributed by atoms with Gasteiger partial charge in [0.05, 0.1) is 24.0 Å². The number of urea groups is 1. The van der Waals surface area contributed by atoms with Crippen molar-refractivity contribution in [2.24, 2.45) is 0 Å². The normalized spacial score (nSPS) is 10.7. The van der Waals surface area contributed by atoms with E-state index in [1.54, 1.807) is 7.11 Å². The first-order valence-corrected chi connectivity index (χ1v) is 12.3. The van der Waals surface area contributed by atoms with Gasteiger partial charge in [0.15, 0.2) is 0 Å². The molecule has 1 aromatic heterocycles. The van der Waals surface area contributed by atoms with Gasteiger partial charge in [0.25, 0.3) is 0 Å². The average molecular weight is 509 g/mol. The number of carbonyl (C=O) groups excluding carboxylic acids is 1. The summed E-state index contributed by atoms with van der Waals surface area (Å²) in [6.45, 7) is 1.40. The van der Waals surface area contributed by atoms with E-state index < -0.39 is 0 Å². The Hall–Kier alpha value is -3.48. The third-order valence-electron chi connectivity index (χ3n) is 5.55. The van der Waals surface area contributed by atoms with Gasteiger partial charge < -0.3 is 20.3 Å². The molecule has 0 saturated heterocycles. The molecule has 0 fully saturated rings. The molecule has 35 heavy (non-hydrogen) atoms. The highest BCUT2D eigenvalue weighted by Crippen LogP contribution is 2.33. The fourth-order valence-electron chi connectivity index (χ4n) is 3.89. The number of carbonyl (C=O) groups is 1. The van der Waals surface area contributed by atoms with Gasteiger partial charge in [-0.25, -0.2) is 9.78 Å². The van der Waals surface area contributed by atoms with E-state index in [-0.39, 0.29) is 6.03 Å². The van der Waals surface area contributed by atoms with Gasteiger partial charge in [0, 0.05) is 47.2 Å². The summed E-state index contributed by atoms with van der Waals surface area (Å²) >= 11 is 11.8. The molecule has 0 saturated carbocycles. The van der Waals surface area contributed by atoms with Gasteiger partial charge in [-0.15, -0.1) is 23.2 Å². The predicted molar refractivity (Wildman–Crippen MR) is 146 cm³/mol.